The van der Waals surface area contributed by atoms with Crippen LogP contribution in [0, 0.1) is 10.1 Å². The molecule has 0 heterocycles. The van der Waals surface area contributed by atoms with Crippen LogP contribution in [0.25, 0.3) is 0 Å². The molecule has 0 aromatic heterocycles. The van der Waals surface area contributed by atoms with Crippen molar-refractivity contribution < 1.29 is 19.6 Å². The maximum Gasteiger partial charge on any atom is 0.315 e. The second-order valence-corrected chi connectivity index (χ2v) is 7.35. The van der Waals surface area contributed by atoms with Crippen LogP contribution < -0.4 is 10.6 Å². The van der Waals surface area contributed by atoms with Gasteiger partial charge in [-0.15, -0.1) is 0 Å². The average molecular weight is 399 g/mol. The standard InChI is InChI=1S/C21H25N3O5/c1-21(2,16-8-11-18(12-9-16)24(28)29)23-20(27)22-17(10-13-19(25)26)14-15-6-4-3-5-7-15/h3-9,11-12,17H,10,13-14H2,1-2H3,(H,25,26)(H2,22,23,27). The van der Waals surface area contributed by atoms with Crippen LogP contribution in [0.4, 0.5) is 10.5 Å². The maximum atomic E-state index is 12.6. The number of benzene rings is 2. The Bertz CT molecular complexity index is 850. The number of urea groups is 1. The van der Waals surface area contributed by atoms with E-state index in [1.807, 2.05) is 30.3 Å². The van der Waals surface area contributed by atoms with E-state index in [4.69, 9.17) is 5.11 Å². The molecule has 0 radical (unpaired) electrons. The number of carboxylic acid groups (broad SMARTS) is 1. The Morgan fingerprint density at radius 1 is 1.10 bits per heavy atom. The highest BCUT2D eigenvalue weighted by molar-refractivity contribution is 5.75. The lowest BCUT2D eigenvalue weighted by Gasteiger charge is -2.28. The van der Waals surface area contributed by atoms with Crippen LogP contribution in [0.1, 0.15) is 37.8 Å². The van der Waals surface area contributed by atoms with Crippen LogP contribution in [-0.2, 0) is 16.8 Å². The van der Waals surface area contributed by atoms with E-state index >= 15 is 0 Å². The van der Waals surface area contributed by atoms with Crippen LogP contribution in [-0.4, -0.2) is 28.1 Å². The smallest absolute Gasteiger partial charge is 0.315 e. The Morgan fingerprint density at radius 3 is 2.28 bits per heavy atom. The lowest BCUT2D eigenvalue weighted by Crippen LogP contribution is -2.50. The van der Waals surface area contributed by atoms with Crippen molar-refractivity contribution in [2.24, 2.45) is 0 Å². The number of hydrogen-bond donors (Lipinski definition) is 3. The van der Waals surface area contributed by atoms with E-state index in [9.17, 15) is 19.7 Å². The van der Waals surface area contributed by atoms with E-state index in [2.05, 4.69) is 10.6 Å². The molecule has 0 saturated heterocycles. The van der Waals surface area contributed by atoms with Gasteiger partial charge < -0.3 is 15.7 Å². The number of rotatable bonds is 9. The molecule has 0 fully saturated rings. The van der Waals surface area contributed by atoms with E-state index in [1.54, 1.807) is 26.0 Å². The predicted molar refractivity (Wildman–Crippen MR) is 109 cm³/mol. The molecule has 2 aromatic carbocycles. The maximum absolute atomic E-state index is 12.6. The molecule has 8 nitrogen and oxygen atoms in total. The SMILES string of the molecule is CC(C)(NC(=O)NC(CCC(=O)O)Cc1ccccc1)c1ccc([N+](=O)[O-])cc1. The van der Waals surface area contributed by atoms with E-state index in [0.717, 1.165) is 5.56 Å². The van der Waals surface area contributed by atoms with Gasteiger partial charge in [0.15, 0.2) is 0 Å². The van der Waals surface area contributed by atoms with Crippen molar-refractivity contribution in [3.63, 3.8) is 0 Å². The topological polar surface area (TPSA) is 122 Å². The van der Waals surface area contributed by atoms with Gasteiger partial charge in [-0.05, 0) is 49.9 Å². The molecular formula is C21H25N3O5. The number of nitrogens with zero attached hydrogens (tertiary/aromatic N) is 1. The minimum absolute atomic E-state index is 0.0226. The molecule has 0 bridgehead atoms. The molecule has 154 valence electrons. The normalized spacial score (nSPS) is 12.1. The number of amides is 2. The summed E-state index contributed by atoms with van der Waals surface area (Å²) in [6.07, 6.45) is 0.763. The first-order valence-electron chi connectivity index (χ1n) is 9.26. The third-order valence-electron chi connectivity index (χ3n) is 4.59. The van der Waals surface area contributed by atoms with E-state index < -0.39 is 22.5 Å². The average Bonchev–Trinajstić information content (AvgIpc) is 2.66. The van der Waals surface area contributed by atoms with Crippen molar-refractivity contribution in [2.45, 2.75) is 44.7 Å². The van der Waals surface area contributed by atoms with Gasteiger partial charge in [0, 0.05) is 24.6 Å². The van der Waals surface area contributed by atoms with E-state index in [-0.39, 0.29) is 18.2 Å². The number of aliphatic carboxylic acids is 1. The number of non-ortho nitro benzene ring substituents is 1. The van der Waals surface area contributed by atoms with Crippen molar-refractivity contribution in [3.05, 3.63) is 75.8 Å². The van der Waals surface area contributed by atoms with Crippen molar-refractivity contribution in [3.8, 4) is 0 Å². The monoisotopic (exact) mass is 399 g/mol. The highest BCUT2D eigenvalue weighted by atomic mass is 16.6. The fraction of sp³-hybridized carbons (Fsp3) is 0.333. The molecule has 3 N–H and O–H groups in total. The zero-order valence-corrected chi connectivity index (χ0v) is 16.4. The fourth-order valence-corrected chi connectivity index (χ4v) is 3.00. The Balaban J connectivity index is 2.04. The number of carbonyl (C=O) groups excluding carboxylic acids is 1. The zero-order valence-electron chi connectivity index (χ0n) is 16.4. The molecule has 8 heteroatoms. The summed E-state index contributed by atoms with van der Waals surface area (Å²) < 4.78 is 0. The van der Waals surface area contributed by atoms with Gasteiger partial charge in [-0.1, -0.05) is 30.3 Å². The summed E-state index contributed by atoms with van der Waals surface area (Å²) in [4.78, 5) is 33.9. The van der Waals surface area contributed by atoms with Gasteiger partial charge in [0.05, 0.1) is 10.5 Å². The summed E-state index contributed by atoms with van der Waals surface area (Å²) in [6, 6.07) is 14.7. The van der Waals surface area contributed by atoms with Crippen LogP contribution in [0.5, 0.6) is 0 Å². The van der Waals surface area contributed by atoms with Crippen molar-refractivity contribution in [2.75, 3.05) is 0 Å². The van der Waals surface area contributed by atoms with E-state index in [1.165, 1.54) is 12.1 Å². The molecule has 0 aliphatic heterocycles. The molecule has 2 aromatic rings. The molecule has 0 spiro atoms. The molecule has 29 heavy (non-hydrogen) atoms. The largest absolute Gasteiger partial charge is 0.481 e. The summed E-state index contributed by atoms with van der Waals surface area (Å²) in [5.41, 5.74) is 0.912. The third-order valence-corrected chi connectivity index (χ3v) is 4.59. The quantitative estimate of drug-likeness (QED) is 0.439. The number of hydrogen-bond acceptors (Lipinski definition) is 4. The Labute approximate surface area is 169 Å². The minimum atomic E-state index is -0.920. The first kappa shape index (κ1) is 21.9. The van der Waals surface area contributed by atoms with Gasteiger partial charge in [-0.25, -0.2) is 4.79 Å². The highest BCUT2D eigenvalue weighted by Crippen LogP contribution is 2.22. The second kappa shape index (κ2) is 9.68. The van der Waals surface area contributed by atoms with Crippen molar-refractivity contribution in [1.29, 1.82) is 0 Å². The number of nitro groups is 1. The van der Waals surface area contributed by atoms with Gasteiger partial charge in [-0.2, -0.15) is 0 Å². The number of carboxylic acids is 1. The Kier molecular flexibility index (Phi) is 7.30. The predicted octanol–water partition coefficient (Wildman–Crippen LogP) is 3.61. The number of carbonyl (C=O) groups is 2. The second-order valence-electron chi connectivity index (χ2n) is 7.35. The lowest BCUT2D eigenvalue weighted by atomic mass is 9.94. The minimum Gasteiger partial charge on any atom is -0.481 e. The van der Waals surface area contributed by atoms with Gasteiger partial charge in [-0.3, -0.25) is 14.9 Å². The van der Waals surface area contributed by atoms with Crippen LogP contribution in [0.3, 0.4) is 0 Å². The molecule has 2 amide bonds. The van der Waals surface area contributed by atoms with Crippen LogP contribution in [0.2, 0.25) is 0 Å². The first-order chi connectivity index (χ1) is 13.7. The van der Waals surface area contributed by atoms with Crippen molar-refractivity contribution in [1.82, 2.24) is 10.6 Å². The van der Waals surface area contributed by atoms with Gasteiger partial charge in [0.1, 0.15) is 0 Å². The summed E-state index contributed by atoms with van der Waals surface area (Å²) in [5.74, 6) is -0.920. The third kappa shape index (κ3) is 6.91. The Hall–Kier alpha value is -3.42. The van der Waals surface area contributed by atoms with Crippen LogP contribution >= 0.6 is 0 Å². The summed E-state index contributed by atoms with van der Waals surface area (Å²) in [5, 5.41) is 25.5. The molecule has 0 aliphatic rings. The highest BCUT2D eigenvalue weighted by Gasteiger charge is 2.25. The Morgan fingerprint density at radius 2 is 1.72 bits per heavy atom. The molecule has 0 saturated carbocycles. The number of nitrogens with one attached hydrogen (secondary N) is 2. The van der Waals surface area contributed by atoms with Crippen molar-refractivity contribution >= 4 is 17.7 Å². The summed E-state index contributed by atoms with van der Waals surface area (Å²) >= 11 is 0. The van der Waals surface area contributed by atoms with Gasteiger partial charge >= 0.3 is 12.0 Å². The summed E-state index contributed by atoms with van der Waals surface area (Å²) in [6.45, 7) is 3.58. The van der Waals surface area contributed by atoms with Gasteiger partial charge in [0.2, 0.25) is 0 Å². The molecule has 1 unspecified atom stereocenters. The molecule has 0 aliphatic carbocycles. The zero-order chi connectivity index (χ0) is 21.4. The van der Waals surface area contributed by atoms with E-state index in [0.29, 0.717) is 18.4 Å². The molecule has 1 atom stereocenters. The lowest BCUT2D eigenvalue weighted by molar-refractivity contribution is -0.384. The van der Waals surface area contributed by atoms with Gasteiger partial charge in [0.25, 0.3) is 5.69 Å². The molecular weight excluding hydrogens is 374 g/mol. The summed E-state index contributed by atoms with van der Waals surface area (Å²) in [7, 11) is 0. The molecule has 2 rings (SSSR count). The van der Waals surface area contributed by atoms with Crippen LogP contribution in [0.15, 0.2) is 54.6 Å². The fourth-order valence-electron chi connectivity index (χ4n) is 3.00. The first-order valence-corrected chi connectivity index (χ1v) is 9.26. The number of nitro benzene ring substituents is 1.